The number of hydrogen-bond donors (Lipinski definition) is 1. The predicted octanol–water partition coefficient (Wildman–Crippen LogP) is 1.08. The first kappa shape index (κ1) is 12.0. The van der Waals surface area contributed by atoms with Gasteiger partial charge in [0.1, 0.15) is 0 Å². The zero-order valence-electron chi connectivity index (χ0n) is 9.54. The molecule has 14 heavy (non-hydrogen) atoms. The standard InChI is InChI=1S/C11H24N2O/c1-13(8-10-5-6-10)11(9-14-2)4-3-7-12/h10-11H,3-9,12H2,1-2H3. The number of ether oxygens (including phenoxy) is 1. The van der Waals surface area contributed by atoms with Crippen molar-refractivity contribution in [3.05, 3.63) is 0 Å². The highest BCUT2D eigenvalue weighted by molar-refractivity contribution is 4.79. The zero-order chi connectivity index (χ0) is 10.4. The molecular formula is C11H24N2O. The number of nitrogens with zero attached hydrogens (tertiary/aromatic N) is 1. The normalized spacial score (nSPS) is 18.9. The van der Waals surface area contributed by atoms with E-state index in [-0.39, 0.29) is 0 Å². The molecule has 0 bridgehead atoms. The predicted molar refractivity (Wildman–Crippen MR) is 59.3 cm³/mol. The second-order valence-electron chi connectivity index (χ2n) is 4.42. The molecule has 0 aliphatic heterocycles. The minimum absolute atomic E-state index is 0.559. The van der Waals surface area contributed by atoms with Crippen LogP contribution in [0.15, 0.2) is 0 Å². The molecule has 0 radical (unpaired) electrons. The lowest BCUT2D eigenvalue weighted by molar-refractivity contribution is 0.0975. The summed E-state index contributed by atoms with van der Waals surface area (Å²) < 4.78 is 5.24. The Morgan fingerprint density at radius 2 is 2.21 bits per heavy atom. The quantitative estimate of drug-likeness (QED) is 0.637. The molecule has 1 aliphatic carbocycles. The van der Waals surface area contributed by atoms with Gasteiger partial charge in [-0.2, -0.15) is 0 Å². The molecule has 3 heteroatoms. The van der Waals surface area contributed by atoms with Crippen LogP contribution in [0.4, 0.5) is 0 Å². The van der Waals surface area contributed by atoms with E-state index in [0.29, 0.717) is 6.04 Å². The van der Waals surface area contributed by atoms with Crippen LogP contribution in [0, 0.1) is 5.92 Å². The number of hydrogen-bond acceptors (Lipinski definition) is 3. The molecule has 0 spiro atoms. The van der Waals surface area contributed by atoms with E-state index in [1.54, 1.807) is 7.11 Å². The second kappa shape index (κ2) is 6.38. The van der Waals surface area contributed by atoms with E-state index in [1.165, 1.54) is 19.4 Å². The highest BCUT2D eigenvalue weighted by atomic mass is 16.5. The summed E-state index contributed by atoms with van der Waals surface area (Å²) in [6.07, 6.45) is 5.10. The molecule has 84 valence electrons. The lowest BCUT2D eigenvalue weighted by Crippen LogP contribution is -2.37. The van der Waals surface area contributed by atoms with Crippen LogP contribution in [0.2, 0.25) is 0 Å². The molecule has 1 saturated carbocycles. The van der Waals surface area contributed by atoms with Crippen molar-refractivity contribution in [1.29, 1.82) is 0 Å². The minimum atomic E-state index is 0.559. The van der Waals surface area contributed by atoms with E-state index in [9.17, 15) is 0 Å². The number of nitrogens with two attached hydrogens (primary N) is 1. The van der Waals surface area contributed by atoms with Gasteiger partial charge in [0, 0.05) is 19.7 Å². The van der Waals surface area contributed by atoms with Crippen LogP contribution in [0.25, 0.3) is 0 Å². The third-order valence-electron chi connectivity index (χ3n) is 2.97. The van der Waals surface area contributed by atoms with Gasteiger partial charge < -0.3 is 15.4 Å². The van der Waals surface area contributed by atoms with E-state index >= 15 is 0 Å². The van der Waals surface area contributed by atoms with E-state index in [0.717, 1.165) is 31.9 Å². The molecule has 3 nitrogen and oxygen atoms in total. The molecule has 2 N–H and O–H groups in total. The summed E-state index contributed by atoms with van der Waals surface area (Å²) in [4.78, 5) is 2.44. The lowest BCUT2D eigenvalue weighted by Gasteiger charge is -2.27. The molecule has 0 aromatic heterocycles. The van der Waals surface area contributed by atoms with E-state index in [1.807, 2.05) is 0 Å². The van der Waals surface area contributed by atoms with E-state index < -0.39 is 0 Å². The molecule has 1 rings (SSSR count). The van der Waals surface area contributed by atoms with Crippen molar-refractivity contribution in [3.63, 3.8) is 0 Å². The maximum absolute atomic E-state index is 5.53. The van der Waals surface area contributed by atoms with Crippen LogP contribution in [-0.4, -0.2) is 44.8 Å². The van der Waals surface area contributed by atoms with Crippen molar-refractivity contribution in [2.45, 2.75) is 31.7 Å². The summed E-state index contributed by atoms with van der Waals surface area (Å²) in [6.45, 7) is 2.86. The Labute approximate surface area is 87.6 Å². The SMILES string of the molecule is COCC(CCCN)N(C)CC1CC1. The van der Waals surface area contributed by atoms with Gasteiger partial charge in [0.25, 0.3) is 0 Å². The Kier molecular flexibility index (Phi) is 5.45. The van der Waals surface area contributed by atoms with Gasteiger partial charge in [-0.05, 0) is 45.2 Å². The van der Waals surface area contributed by atoms with Gasteiger partial charge in [0.15, 0.2) is 0 Å². The first-order valence-corrected chi connectivity index (χ1v) is 5.67. The average molecular weight is 200 g/mol. The number of likely N-dealkylation sites (N-methyl/N-ethyl adjacent to an activating group) is 1. The summed E-state index contributed by atoms with van der Waals surface area (Å²) in [6, 6.07) is 0.559. The van der Waals surface area contributed by atoms with Crippen molar-refractivity contribution in [3.8, 4) is 0 Å². The molecule has 0 heterocycles. The van der Waals surface area contributed by atoms with Crippen LogP contribution < -0.4 is 5.73 Å². The first-order valence-electron chi connectivity index (χ1n) is 5.67. The molecule has 0 aromatic carbocycles. The second-order valence-corrected chi connectivity index (χ2v) is 4.42. The van der Waals surface area contributed by atoms with Crippen molar-refractivity contribution in [2.75, 3.05) is 33.9 Å². The van der Waals surface area contributed by atoms with Crippen LogP contribution in [0.5, 0.6) is 0 Å². The number of methoxy groups -OCH3 is 1. The molecule has 1 aliphatic rings. The summed E-state index contributed by atoms with van der Waals surface area (Å²) in [7, 11) is 3.99. The molecule has 0 aromatic rings. The summed E-state index contributed by atoms with van der Waals surface area (Å²) in [5.74, 6) is 0.956. The Balaban J connectivity index is 2.22. The van der Waals surface area contributed by atoms with Gasteiger partial charge in [0.2, 0.25) is 0 Å². The molecule has 1 unspecified atom stereocenters. The van der Waals surface area contributed by atoms with Crippen molar-refractivity contribution < 1.29 is 4.74 Å². The van der Waals surface area contributed by atoms with E-state index in [2.05, 4.69) is 11.9 Å². The van der Waals surface area contributed by atoms with Gasteiger partial charge in [0.05, 0.1) is 6.61 Å². The highest BCUT2D eigenvalue weighted by Crippen LogP contribution is 2.30. The third-order valence-corrected chi connectivity index (χ3v) is 2.97. The van der Waals surface area contributed by atoms with Gasteiger partial charge in [-0.3, -0.25) is 0 Å². The van der Waals surface area contributed by atoms with Crippen LogP contribution >= 0.6 is 0 Å². The van der Waals surface area contributed by atoms with Crippen molar-refractivity contribution in [1.82, 2.24) is 4.90 Å². The van der Waals surface area contributed by atoms with Gasteiger partial charge in [-0.1, -0.05) is 0 Å². The summed E-state index contributed by atoms with van der Waals surface area (Å²) >= 11 is 0. The average Bonchev–Trinajstić information content (AvgIpc) is 2.95. The monoisotopic (exact) mass is 200 g/mol. The Hall–Kier alpha value is -0.120. The molecule has 1 fully saturated rings. The fourth-order valence-electron chi connectivity index (χ4n) is 1.83. The van der Waals surface area contributed by atoms with E-state index in [4.69, 9.17) is 10.5 Å². The summed E-state index contributed by atoms with van der Waals surface area (Å²) in [5, 5.41) is 0. The van der Waals surface area contributed by atoms with Crippen LogP contribution in [-0.2, 0) is 4.74 Å². The smallest absolute Gasteiger partial charge is 0.0617 e. The fraction of sp³-hybridized carbons (Fsp3) is 1.00. The Morgan fingerprint density at radius 1 is 1.50 bits per heavy atom. The van der Waals surface area contributed by atoms with Crippen molar-refractivity contribution >= 4 is 0 Å². The van der Waals surface area contributed by atoms with Gasteiger partial charge in [-0.15, -0.1) is 0 Å². The lowest BCUT2D eigenvalue weighted by atomic mass is 10.1. The largest absolute Gasteiger partial charge is 0.383 e. The zero-order valence-corrected chi connectivity index (χ0v) is 9.54. The van der Waals surface area contributed by atoms with Crippen molar-refractivity contribution in [2.24, 2.45) is 11.7 Å². The highest BCUT2D eigenvalue weighted by Gasteiger charge is 2.25. The van der Waals surface area contributed by atoms with Gasteiger partial charge >= 0.3 is 0 Å². The number of rotatable bonds is 8. The Bertz CT molecular complexity index is 148. The summed E-state index contributed by atoms with van der Waals surface area (Å²) in [5.41, 5.74) is 5.53. The molecule has 0 amide bonds. The maximum atomic E-state index is 5.53. The fourth-order valence-corrected chi connectivity index (χ4v) is 1.83. The van der Waals surface area contributed by atoms with Gasteiger partial charge in [-0.25, -0.2) is 0 Å². The third kappa shape index (κ3) is 4.40. The molecular weight excluding hydrogens is 176 g/mol. The molecule has 1 atom stereocenters. The topological polar surface area (TPSA) is 38.5 Å². The Morgan fingerprint density at radius 3 is 2.71 bits per heavy atom. The molecule has 0 saturated heterocycles. The first-order chi connectivity index (χ1) is 6.77. The minimum Gasteiger partial charge on any atom is -0.383 e. The van der Waals surface area contributed by atoms with Crippen LogP contribution in [0.3, 0.4) is 0 Å². The van der Waals surface area contributed by atoms with Crippen LogP contribution in [0.1, 0.15) is 25.7 Å². The maximum Gasteiger partial charge on any atom is 0.0617 e.